The van der Waals surface area contributed by atoms with Gasteiger partial charge >= 0.3 is 0 Å². The summed E-state index contributed by atoms with van der Waals surface area (Å²) in [6.45, 7) is 5.18. The topological polar surface area (TPSA) is 18.5 Å². The zero-order valence-electron chi connectivity index (χ0n) is 12.0. The molecule has 2 atom stereocenters. The average molecular weight is 260 g/mol. The number of ether oxygens (including phenoxy) is 2. The second kappa shape index (κ2) is 7.46. The molecule has 0 radical (unpaired) electrons. The fraction of sp³-hybridized carbons (Fsp3) is 0.529. The van der Waals surface area contributed by atoms with Gasteiger partial charge in [0.1, 0.15) is 0 Å². The molecular weight excluding hydrogens is 236 g/mol. The molecule has 0 aliphatic carbocycles. The summed E-state index contributed by atoms with van der Waals surface area (Å²) in [6.07, 6.45) is 6.77. The molecular formula is C17H24O2. The van der Waals surface area contributed by atoms with Gasteiger partial charge in [-0.05, 0) is 32.6 Å². The van der Waals surface area contributed by atoms with E-state index in [-0.39, 0.29) is 6.29 Å². The third-order valence-electron chi connectivity index (χ3n) is 3.51. The second-order valence-electron chi connectivity index (χ2n) is 5.16. The maximum absolute atomic E-state index is 6.05. The van der Waals surface area contributed by atoms with Gasteiger partial charge in [0.2, 0.25) is 0 Å². The molecule has 104 valence electrons. The minimum Gasteiger partial charge on any atom is -0.348 e. The number of benzene rings is 1. The quantitative estimate of drug-likeness (QED) is 0.719. The predicted molar refractivity (Wildman–Crippen MR) is 77.9 cm³/mol. The molecule has 1 aliphatic rings. The van der Waals surface area contributed by atoms with Crippen molar-refractivity contribution >= 4 is 0 Å². The van der Waals surface area contributed by atoms with Crippen molar-refractivity contribution in [2.45, 2.75) is 51.9 Å². The molecule has 1 unspecified atom stereocenters. The summed E-state index contributed by atoms with van der Waals surface area (Å²) in [5.74, 6) is 0. The molecule has 0 bridgehead atoms. The first-order valence-corrected chi connectivity index (χ1v) is 7.27. The highest BCUT2D eigenvalue weighted by atomic mass is 16.7. The Morgan fingerprint density at radius 2 is 2.11 bits per heavy atom. The largest absolute Gasteiger partial charge is 0.348 e. The highest BCUT2D eigenvalue weighted by molar-refractivity contribution is 5.16. The highest BCUT2D eigenvalue weighted by Crippen LogP contribution is 2.28. The van der Waals surface area contributed by atoms with Gasteiger partial charge in [-0.25, -0.2) is 0 Å². The Bertz CT molecular complexity index is 397. The van der Waals surface area contributed by atoms with E-state index < -0.39 is 0 Å². The Morgan fingerprint density at radius 1 is 1.32 bits per heavy atom. The maximum Gasteiger partial charge on any atom is 0.184 e. The SMILES string of the molecule is CC/C=C(\C)CC[C@H]1CCOC(c2ccccc2)O1. The molecule has 0 spiro atoms. The Labute approximate surface area is 116 Å². The van der Waals surface area contributed by atoms with Crippen LogP contribution in [-0.4, -0.2) is 12.7 Å². The van der Waals surface area contributed by atoms with Gasteiger partial charge in [-0.1, -0.05) is 48.9 Å². The van der Waals surface area contributed by atoms with Gasteiger partial charge in [0, 0.05) is 5.56 Å². The normalized spacial score (nSPS) is 24.4. The van der Waals surface area contributed by atoms with Crippen molar-refractivity contribution in [1.29, 1.82) is 0 Å². The zero-order chi connectivity index (χ0) is 13.5. The lowest BCUT2D eigenvalue weighted by Crippen LogP contribution is -2.27. The summed E-state index contributed by atoms with van der Waals surface area (Å²) in [4.78, 5) is 0. The van der Waals surface area contributed by atoms with Crippen molar-refractivity contribution in [2.24, 2.45) is 0 Å². The molecule has 1 aromatic rings. The van der Waals surface area contributed by atoms with Crippen LogP contribution in [0.1, 0.15) is 51.4 Å². The van der Waals surface area contributed by atoms with E-state index in [9.17, 15) is 0 Å². The van der Waals surface area contributed by atoms with Gasteiger partial charge in [0.25, 0.3) is 0 Å². The summed E-state index contributed by atoms with van der Waals surface area (Å²) in [5, 5.41) is 0. The summed E-state index contributed by atoms with van der Waals surface area (Å²) < 4.78 is 11.8. The first kappa shape index (κ1) is 14.3. The van der Waals surface area contributed by atoms with E-state index >= 15 is 0 Å². The molecule has 1 heterocycles. The van der Waals surface area contributed by atoms with Gasteiger partial charge in [-0.2, -0.15) is 0 Å². The van der Waals surface area contributed by atoms with Crippen LogP contribution >= 0.6 is 0 Å². The standard InChI is InChI=1S/C17H24O2/c1-3-7-14(2)10-11-16-12-13-18-17(19-16)15-8-5-4-6-9-15/h4-9,16-17H,3,10-13H2,1-2H3/b14-7+/t16-,17?/m0/s1. The van der Waals surface area contributed by atoms with Gasteiger partial charge in [-0.15, -0.1) is 0 Å². The van der Waals surface area contributed by atoms with Gasteiger partial charge in [0.05, 0.1) is 12.7 Å². The van der Waals surface area contributed by atoms with E-state index in [1.54, 1.807) is 0 Å². The molecule has 0 amide bonds. The van der Waals surface area contributed by atoms with Crippen molar-refractivity contribution in [3.8, 4) is 0 Å². The van der Waals surface area contributed by atoms with Crippen molar-refractivity contribution in [2.75, 3.05) is 6.61 Å². The molecule has 1 saturated heterocycles. The fourth-order valence-electron chi connectivity index (χ4n) is 2.43. The van der Waals surface area contributed by atoms with Gasteiger partial charge < -0.3 is 9.47 Å². The molecule has 0 aromatic heterocycles. The van der Waals surface area contributed by atoms with Gasteiger partial charge in [-0.3, -0.25) is 0 Å². The number of hydrogen-bond donors (Lipinski definition) is 0. The van der Waals surface area contributed by atoms with E-state index in [2.05, 4.69) is 32.1 Å². The van der Waals surface area contributed by atoms with Crippen molar-refractivity contribution in [3.05, 3.63) is 47.5 Å². The number of rotatable bonds is 5. The number of allylic oxidation sites excluding steroid dienone is 2. The third-order valence-corrected chi connectivity index (χ3v) is 3.51. The molecule has 2 rings (SSSR count). The molecule has 2 nitrogen and oxygen atoms in total. The van der Waals surface area contributed by atoms with Crippen LogP contribution in [0, 0.1) is 0 Å². The van der Waals surface area contributed by atoms with E-state index in [1.165, 1.54) is 5.57 Å². The molecule has 1 aromatic carbocycles. The minimum atomic E-state index is -0.185. The molecule has 1 fully saturated rings. The molecule has 19 heavy (non-hydrogen) atoms. The lowest BCUT2D eigenvalue weighted by Gasteiger charge is -2.30. The van der Waals surface area contributed by atoms with Crippen molar-refractivity contribution in [3.63, 3.8) is 0 Å². The average Bonchev–Trinajstić information content (AvgIpc) is 2.47. The van der Waals surface area contributed by atoms with Crippen LogP contribution in [0.25, 0.3) is 0 Å². The molecule has 0 saturated carbocycles. The summed E-state index contributed by atoms with van der Waals surface area (Å²) in [7, 11) is 0. The van der Waals surface area contributed by atoms with Crippen LogP contribution in [0.3, 0.4) is 0 Å². The Kier molecular flexibility index (Phi) is 5.62. The highest BCUT2D eigenvalue weighted by Gasteiger charge is 2.23. The summed E-state index contributed by atoms with van der Waals surface area (Å²) >= 11 is 0. The summed E-state index contributed by atoms with van der Waals surface area (Å²) in [5.41, 5.74) is 2.59. The maximum atomic E-state index is 6.05. The van der Waals surface area contributed by atoms with Crippen LogP contribution in [0.2, 0.25) is 0 Å². The minimum absolute atomic E-state index is 0.185. The van der Waals surface area contributed by atoms with E-state index in [1.807, 2.05) is 18.2 Å². The fourth-order valence-corrected chi connectivity index (χ4v) is 2.43. The molecule has 2 heteroatoms. The lowest BCUT2D eigenvalue weighted by atomic mass is 10.0. The predicted octanol–water partition coefficient (Wildman–Crippen LogP) is 4.63. The van der Waals surface area contributed by atoms with Crippen molar-refractivity contribution in [1.82, 2.24) is 0 Å². The van der Waals surface area contributed by atoms with Crippen LogP contribution in [0.4, 0.5) is 0 Å². The Hall–Kier alpha value is -1.12. The Morgan fingerprint density at radius 3 is 2.84 bits per heavy atom. The van der Waals surface area contributed by atoms with E-state index in [0.29, 0.717) is 6.10 Å². The van der Waals surface area contributed by atoms with Crippen LogP contribution in [0.15, 0.2) is 42.0 Å². The second-order valence-corrected chi connectivity index (χ2v) is 5.16. The van der Waals surface area contributed by atoms with Crippen molar-refractivity contribution < 1.29 is 9.47 Å². The smallest absolute Gasteiger partial charge is 0.184 e. The van der Waals surface area contributed by atoms with E-state index in [4.69, 9.17) is 9.47 Å². The van der Waals surface area contributed by atoms with Crippen LogP contribution in [0.5, 0.6) is 0 Å². The van der Waals surface area contributed by atoms with E-state index in [0.717, 1.165) is 37.9 Å². The monoisotopic (exact) mass is 260 g/mol. The molecule has 1 aliphatic heterocycles. The van der Waals surface area contributed by atoms with Crippen LogP contribution < -0.4 is 0 Å². The zero-order valence-corrected chi connectivity index (χ0v) is 12.0. The number of hydrogen-bond acceptors (Lipinski definition) is 2. The summed E-state index contributed by atoms with van der Waals surface area (Å²) in [6, 6.07) is 10.2. The third kappa shape index (κ3) is 4.48. The lowest BCUT2D eigenvalue weighted by molar-refractivity contribution is -0.218. The molecule has 0 N–H and O–H groups in total. The first-order chi connectivity index (χ1) is 9.29. The first-order valence-electron chi connectivity index (χ1n) is 7.27. The van der Waals surface area contributed by atoms with Gasteiger partial charge in [0.15, 0.2) is 6.29 Å². The Balaban J connectivity index is 1.86. The van der Waals surface area contributed by atoms with Crippen LogP contribution in [-0.2, 0) is 9.47 Å².